The predicted octanol–water partition coefficient (Wildman–Crippen LogP) is 3.32. The van der Waals surface area contributed by atoms with Crippen LogP contribution in [0.1, 0.15) is 18.2 Å². The van der Waals surface area contributed by atoms with Gasteiger partial charge in [0.2, 0.25) is 0 Å². The third-order valence-corrected chi connectivity index (χ3v) is 4.30. The zero-order valence-electron chi connectivity index (χ0n) is 10.8. The number of aromatic nitrogens is 2. The summed E-state index contributed by atoms with van der Waals surface area (Å²) in [7, 11) is 0. The first-order valence-electron chi connectivity index (χ1n) is 6.12. The minimum atomic E-state index is -0.0720. The largest absolute Gasteiger partial charge is 0.301 e. The summed E-state index contributed by atoms with van der Waals surface area (Å²) >= 11 is 3.33. The summed E-state index contributed by atoms with van der Waals surface area (Å²) in [5.41, 5.74) is 2.01. The number of hydrogen-bond acceptors (Lipinski definition) is 4. The number of nitrogens with one attached hydrogen (secondary N) is 1. The summed E-state index contributed by atoms with van der Waals surface area (Å²) in [6.45, 7) is 2.10. The first-order valence-corrected chi connectivity index (χ1v) is 8.26. The number of aromatic amines is 1. The third kappa shape index (κ3) is 4.76. The topological polar surface area (TPSA) is 45.8 Å². The molecule has 0 aliphatic carbocycles. The first-order chi connectivity index (χ1) is 9.28. The molecule has 0 atom stereocenters. The molecule has 3 nitrogen and oxygen atoms in total. The van der Waals surface area contributed by atoms with E-state index in [1.165, 1.54) is 5.56 Å². The maximum Gasteiger partial charge on any atom is 0.251 e. The van der Waals surface area contributed by atoms with Crippen LogP contribution < -0.4 is 5.56 Å². The molecule has 0 aliphatic heterocycles. The van der Waals surface area contributed by atoms with Gasteiger partial charge in [-0.3, -0.25) is 4.79 Å². The Morgan fingerprint density at radius 2 is 2.00 bits per heavy atom. The van der Waals surface area contributed by atoms with Gasteiger partial charge in [0.05, 0.1) is 5.69 Å². The molecule has 0 saturated carbocycles. The van der Waals surface area contributed by atoms with Crippen LogP contribution in [-0.4, -0.2) is 15.7 Å². The number of rotatable bonds is 6. The van der Waals surface area contributed by atoms with E-state index in [2.05, 4.69) is 29.0 Å². The molecule has 1 heterocycles. The molecule has 2 aromatic rings. The normalized spacial score (nSPS) is 10.6. The van der Waals surface area contributed by atoms with E-state index >= 15 is 0 Å². The summed E-state index contributed by atoms with van der Waals surface area (Å²) in [5, 5.41) is 0.697. The second-order valence-corrected chi connectivity index (χ2v) is 6.19. The van der Waals surface area contributed by atoms with Crippen molar-refractivity contribution in [2.45, 2.75) is 23.6 Å². The predicted molar refractivity (Wildman–Crippen MR) is 82.7 cm³/mol. The Labute approximate surface area is 121 Å². The van der Waals surface area contributed by atoms with Gasteiger partial charge in [-0.1, -0.05) is 49.0 Å². The maximum atomic E-state index is 11.6. The van der Waals surface area contributed by atoms with Gasteiger partial charge in [0.25, 0.3) is 5.56 Å². The van der Waals surface area contributed by atoms with E-state index in [4.69, 9.17) is 0 Å². The molecule has 19 heavy (non-hydrogen) atoms. The summed E-state index contributed by atoms with van der Waals surface area (Å²) in [5.74, 6) is 2.63. The van der Waals surface area contributed by atoms with Crippen molar-refractivity contribution in [3.63, 3.8) is 0 Å². The molecule has 2 rings (SSSR count). The van der Waals surface area contributed by atoms with Gasteiger partial charge in [-0.25, -0.2) is 4.98 Å². The van der Waals surface area contributed by atoms with E-state index in [0.717, 1.165) is 23.0 Å². The van der Waals surface area contributed by atoms with E-state index in [9.17, 15) is 4.79 Å². The number of benzene rings is 1. The molecular weight excluding hydrogens is 276 g/mol. The highest BCUT2D eigenvalue weighted by Crippen LogP contribution is 2.19. The lowest BCUT2D eigenvalue weighted by molar-refractivity contribution is 0.899. The Bertz CT molecular complexity index is 569. The maximum absolute atomic E-state index is 11.6. The molecule has 1 aromatic carbocycles. The van der Waals surface area contributed by atoms with Gasteiger partial charge in [-0.15, -0.1) is 0 Å². The van der Waals surface area contributed by atoms with Gasteiger partial charge >= 0.3 is 0 Å². The molecule has 0 bridgehead atoms. The van der Waals surface area contributed by atoms with Crippen LogP contribution in [0.3, 0.4) is 0 Å². The lowest BCUT2D eigenvalue weighted by atomic mass is 10.2. The van der Waals surface area contributed by atoms with Crippen LogP contribution >= 0.6 is 23.5 Å². The number of thioether (sulfide) groups is 2. The van der Waals surface area contributed by atoms with E-state index < -0.39 is 0 Å². The zero-order valence-corrected chi connectivity index (χ0v) is 12.4. The Morgan fingerprint density at radius 1 is 1.21 bits per heavy atom. The van der Waals surface area contributed by atoms with Crippen LogP contribution in [-0.2, 0) is 11.5 Å². The molecule has 0 amide bonds. The number of H-pyrrole nitrogens is 1. The molecule has 0 saturated heterocycles. The minimum absolute atomic E-state index is 0.0720. The molecule has 1 N–H and O–H groups in total. The van der Waals surface area contributed by atoms with Gasteiger partial charge in [-0.2, -0.15) is 11.8 Å². The van der Waals surface area contributed by atoms with Crippen molar-refractivity contribution < 1.29 is 0 Å². The molecule has 5 heteroatoms. The number of nitrogens with zero attached hydrogens (tertiary/aromatic N) is 1. The molecule has 0 radical (unpaired) electrons. The van der Waals surface area contributed by atoms with Crippen molar-refractivity contribution in [3.8, 4) is 0 Å². The van der Waals surface area contributed by atoms with Crippen molar-refractivity contribution >= 4 is 23.5 Å². The van der Waals surface area contributed by atoms with Crippen molar-refractivity contribution in [1.29, 1.82) is 0 Å². The second kappa shape index (κ2) is 7.40. The SMILES string of the molecule is CCSCc1cc(=O)[nH]c(SCc2ccccc2)n1. The lowest BCUT2D eigenvalue weighted by Crippen LogP contribution is -2.09. The monoisotopic (exact) mass is 292 g/mol. The fourth-order valence-electron chi connectivity index (χ4n) is 1.56. The summed E-state index contributed by atoms with van der Waals surface area (Å²) in [4.78, 5) is 18.8. The van der Waals surface area contributed by atoms with Crippen LogP contribution in [0.15, 0.2) is 46.3 Å². The molecule has 0 fully saturated rings. The van der Waals surface area contributed by atoms with Crippen molar-refractivity contribution in [2.24, 2.45) is 0 Å². The van der Waals surface area contributed by atoms with Crippen LogP contribution in [0.4, 0.5) is 0 Å². The standard InChI is InChI=1S/C14H16N2OS2/c1-2-18-10-12-8-13(17)16-14(15-12)19-9-11-6-4-3-5-7-11/h3-8H,2,9-10H2,1H3,(H,15,16,17). The molecule has 0 unspecified atom stereocenters. The van der Waals surface area contributed by atoms with Gasteiger partial charge < -0.3 is 4.98 Å². The average molecular weight is 292 g/mol. The molecule has 100 valence electrons. The van der Waals surface area contributed by atoms with Crippen LogP contribution in [0, 0.1) is 0 Å². The van der Waals surface area contributed by atoms with Gasteiger partial charge in [0, 0.05) is 17.6 Å². The second-order valence-electron chi connectivity index (χ2n) is 3.95. The smallest absolute Gasteiger partial charge is 0.251 e. The molecule has 1 aromatic heterocycles. The number of hydrogen-bond donors (Lipinski definition) is 1. The highest BCUT2D eigenvalue weighted by atomic mass is 32.2. The van der Waals surface area contributed by atoms with E-state index in [0.29, 0.717) is 5.16 Å². The third-order valence-electron chi connectivity index (χ3n) is 2.45. The Balaban J connectivity index is 2.03. The average Bonchev–Trinajstić information content (AvgIpc) is 2.43. The van der Waals surface area contributed by atoms with E-state index in [1.54, 1.807) is 29.6 Å². The van der Waals surface area contributed by atoms with Gasteiger partial charge in [0.1, 0.15) is 0 Å². The highest BCUT2D eigenvalue weighted by Gasteiger charge is 2.03. The van der Waals surface area contributed by atoms with Crippen LogP contribution in [0.2, 0.25) is 0 Å². The summed E-state index contributed by atoms with van der Waals surface area (Å²) < 4.78 is 0. The van der Waals surface area contributed by atoms with Crippen molar-refractivity contribution in [3.05, 3.63) is 58.0 Å². The molecular formula is C14H16N2OS2. The zero-order chi connectivity index (χ0) is 13.5. The van der Waals surface area contributed by atoms with Crippen LogP contribution in [0.5, 0.6) is 0 Å². The Kier molecular flexibility index (Phi) is 5.54. The van der Waals surface area contributed by atoms with E-state index in [1.807, 2.05) is 18.2 Å². The fourth-order valence-corrected chi connectivity index (χ4v) is 2.97. The van der Waals surface area contributed by atoms with Crippen molar-refractivity contribution in [2.75, 3.05) is 5.75 Å². The quantitative estimate of drug-likeness (QED) is 0.655. The minimum Gasteiger partial charge on any atom is -0.301 e. The first kappa shape index (κ1) is 14.2. The van der Waals surface area contributed by atoms with E-state index in [-0.39, 0.29) is 5.56 Å². The summed E-state index contributed by atoms with van der Waals surface area (Å²) in [6, 6.07) is 11.7. The van der Waals surface area contributed by atoms with Gasteiger partial charge in [0.15, 0.2) is 5.16 Å². The Morgan fingerprint density at radius 3 is 2.74 bits per heavy atom. The van der Waals surface area contributed by atoms with Gasteiger partial charge in [-0.05, 0) is 11.3 Å². The lowest BCUT2D eigenvalue weighted by Gasteiger charge is -2.03. The van der Waals surface area contributed by atoms with Crippen LogP contribution in [0.25, 0.3) is 0 Å². The summed E-state index contributed by atoms with van der Waals surface area (Å²) in [6.07, 6.45) is 0. The molecule has 0 spiro atoms. The fraction of sp³-hybridized carbons (Fsp3) is 0.286. The van der Waals surface area contributed by atoms with Crippen molar-refractivity contribution in [1.82, 2.24) is 9.97 Å². The molecule has 0 aliphatic rings. The Hall–Kier alpha value is -1.20. The highest BCUT2D eigenvalue weighted by molar-refractivity contribution is 7.98.